The predicted molar refractivity (Wildman–Crippen MR) is 266 cm³/mol. The molecule has 2 aliphatic heterocycles. The van der Waals surface area contributed by atoms with Crippen LogP contribution in [-0.4, -0.2) is 70.3 Å². The van der Waals surface area contributed by atoms with Gasteiger partial charge in [0, 0.05) is 6.54 Å². The highest BCUT2D eigenvalue weighted by Gasteiger charge is 2.53. The summed E-state index contributed by atoms with van der Waals surface area (Å²) in [5.41, 5.74) is -10.3. The Kier molecular flexibility index (Phi) is 19.8. The molecule has 2 saturated heterocycles. The van der Waals surface area contributed by atoms with E-state index in [1.807, 2.05) is 0 Å². The van der Waals surface area contributed by atoms with Gasteiger partial charge in [0.25, 0.3) is 0 Å². The van der Waals surface area contributed by atoms with Crippen LogP contribution in [0.25, 0.3) is 0 Å². The third kappa shape index (κ3) is 15.3. The number of nitrogens with one attached hydrogen (secondary N) is 1. The first-order valence-electron chi connectivity index (χ1n) is 24.3. The number of likely N-dealkylation sites (tertiary alicyclic amines) is 1. The van der Waals surface area contributed by atoms with Crippen molar-refractivity contribution < 1.29 is 91.5 Å². The zero-order valence-electron chi connectivity index (χ0n) is 42.5. The number of amides is 1. The summed E-state index contributed by atoms with van der Waals surface area (Å²) in [7, 11) is 0. The molecule has 7 rings (SSSR count). The molecule has 0 aromatic heterocycles. The number of carbonyl (C=O) groups excluding carboxylic acids is 3. The normalized spacial score (nSPS) is 22.6. The summed E-state index contributed by atoms with van der Waals surface area (Å²) in [6, 6.07) is 28.7. The van der Waals surface area contributed by atoms with Crippen molar-refractivity contribution in [3.05, 3.63) is 177 Å². The molecule has 430 valence electrons. The minimum Gasteiger partial charge on any atom is -0.445 e. The Morgan fingerprint density at radius 2 is 0.949 bits per heavy atom. The largest absolute Gasteiger partial charge is 0.445 e. The zero-order chi connectivity index (χ0) is 57.7. The van der Waals surface area contributed by atoms with E-state index in [0.29, 0.717) is 35.4 Å². The zero-order valence-corrected chi connectivity index (χ0v) is 42.5. The first-order valence-corrected chi connectivity index (χ1v) is 24.3. The summed E-state index contributed by atoms with van der Waals surface area (Å²) in [6.45, 7) is 3.95. The number of piperidine rings is 2. The first kappa shape index (κ1) is 63.5. The van der Waals surface area contributed by atoms with Gasteiger partial charge in [-0.25, -0.2) is 4.79 Å². The molecule has 5 aromatic carbocycles. The van der Waals surface area contributed by atoms with Crippen LogP contribution in [0.4, 0.5) is 57.5 Å². The maximum Gasteiger partial charge on any atom is 0.416 e. The minimum atomic E-state index is -5.04. The maximum absolute atomic E-state index is 13.7. The Balaban J connectivity index is 0.000000296. The third-order valence-corrected chi connectivity index (χ3v) is 14.3. The number of benzene rings is 5. The highest BCUT2D eigenvalue weighted by molar-refractivity contribution is 5.86. The summed E-state index contributed by atoms with van der Waals surface area (Å²) >= 11 is 0. The molecule has 10 nitrogen and oxygen atoms in total. The molecule has 0 saturated carbocycles. The van der Waals surface area contributed by atoms with Gasteiger partial charge in [-0.2, -0.15) is 52.7 Å². The van der Waals surface area contributed by atoms with E-state index in [9.17, 15) is 77.3 Å². The fourth-order valence-corrected chi connectivity index (χ4v) is 9.22. The minimum absolute atomic E-state index is 0. The Morgan fingerprint density at radius 3 is 1.34 bits per heavy atom. The van der Waals surface area contributed by atoms with Crippen molar-refractivity contribution in [3.63, 3.8) is 0 Å². The summed E-state index contributed by atoms with van der Waals surface area (Å²) in [6.07, 6.45) is -23.0. The molecule has 0 radical (unpaired) electrons. The quantitative estimate of drug-likeness (QED) is 0.0929. The van der Waals surface area contributed by atoms with Crippen LogP contribution in [-0.2, 0) is 66.2 Å². The lowest BCUT2D eigenvalue weighted by Gasteiger charge is -2.51. The second-order valence-corrected chi connectivity index (χ2v) is 19.6. The highest BCUT2D eigenvalue weighted by atomic mass is 19.4. The van der Waals surface area contributed by atoms with Crippen molar-refractivity contribution in [2.75, 3.05) is 26.3 Å². The van der Waals surface area contributed by atoms with E-state index in [2.05, 4.69) is 5.32 Å². The van der Waals surface area contributed by atoms with E-state index >= 15 is 0 Å². The Labute approximate surface area is 448 Å². The number of alkyl halides is 12. The van der Waals surface area contributed by atoms with E-state index in [1.165, 1.54) is 27.7 Å². The van der Waals surface area contributed by atoms with Crippen LogP contribution in [0.3, 0.4) is 0 Å². The topological polar surface area (TPSA) is 135 Å². The summed E-state index contributed by atoms with van der Waals surface area (Å²) < 4.78 is 178. The number of halogens is 12. The summed E-state index contributed by atoms with van der Waals surface area (Å²) in [4.78, 5) is 39.1. The first-order chi connectivity index (χ1) is 36.2. The molecule has 3 N–H and O–H groups in total. The Hall–Kier alpha value is -6.33. The molecule has 0 spiro atoms. The number of aliphatic hydroxyl groups is 2. The number of hydrogen-bond donors (Lipinski definition) is 3. The maximum atomic E-state index is 13.7. The van der Waals surface area contributed by atoms with Crippen LogP contribution < -0.4 is 5.32 Å². The molecule has 2 fully saturated rings. The standard InChI is InChI=1S/C32H31F6NO5.C24H25F6NO3.CH4/c1-21(24-15-26(31(33,34)35)17-27(16-24)32(36,37)38)44-20-29(25-11-7-4-8-12-25)13-14-30(42,22(2)40)19-39(29)28(41)43-18-23-9-5-3-6-10-23;1-15(17-10-19(23(25,26)27)12-20(11-17)24(28,29)30)34-14-21(18-6-4-3-5-7-18)8-9-22(33,13-31-21)16(2)32;/h3-12,15-17,21,42H,13-14,18-20H2,1-2H3;3-7,10-12,15,31,33H,8-9,13-14H2,1-2H3;1H4/t21-,29-,30?;15-,21-,22?;/m11./s1. The van der Waals surface area contributed by atoms with E-state index in [1.54, 1.807) is 91.0 Å². The summed E-state index contributed by atoms with van der Waals surface area (Å²) in [5.74, 6) is -0.988. The number of Topliss-reactive ketones (excluding diaryl/α,β-unsaturated/α-hetero) is 2. The van der Waals surface area contributed by atoms with Crippen LogP contribution in [0.2, 0.25) is 0 Å². The molecular formula is C57H60F12N2O8. The molecule has 0 aliphatic carbocycles. The smallest absolute Gasteiger partial charge is 0.416 e. The molecule has 0 bridgehead atoms. The van der Waals surface area contributed by atoms with Crippen molar-refractivity contribution >= 4 is 17.7 Å². The fraction of sp³-hybridized carbons (Fsp3) is 0.421. The lowest BCUT2D eigenvalue weighted by Crippen LogP contribution is -2.64. The Bertz CT molecular complexity index is 2790. The number of ether oxygens (including phenoxy) is 3. The average molecular weight is 1130 g/mol. The molecule has 2 heterocycles. The predicted octanol–water partition coefficient (Wildman–Crippen LogP) is 13.5. The van der Waals surface area contributed by atoms with Gasteiger partial charge < -0.3 is 29.7 Å². The fourth-order valence-electron chi connectivity index (χ4n) is 9.22. The van der Waals surface area contributed by atoms with Gasteiger partial charge in [-0.05, 0) is 118 Å². The van der Waals surface area contributed by atoms with E-state index in [0.717, 1.165) is 10.5 Å². The molecule has 2 unspecified atom stereocenters. The molecule has 2 aliphatic rings. The van der Waals surface area contributed by atoms with Crippen molar-refractivity contribution in [1.82, 2.24) is 10.2 Å². The molecular weight excluding hydrogens is 1070 g/mol. The second kappa shape index (κ2) is 24.6. The van der Waals surface area contributed by atoms with Gasteiger partial charge in [0.2, 0.25) is 0 Å². The average Bonchev–Trinajstić information content (AvgIpc) is 3.43. The monoisotopic (exact) mass is 1130 g/mol. The molecule has 79 heavy (non-hydrogen) atoms. The number of ketones is 2. The van der Waals surface area contributed by atoms with Crippen LogP contribution >= 0.6 is 0 Å². The van der Waals surface area contributed by atoms with Crippen LogP contribution in [0, 0.1) is 0 Å². The number of carbonyl (C=O) groups is 3. The van der Waals surface area contributed by atoms with Gasteiger partial charge >= 0.3 is 30.8 Å². The molecule has 6 atom stereocenters. The second-order valence-electron chi connectivity index (χ2n) is 19.6. The number of hydrogen-bond acceptors (Lipinski definition) is 9. The van der Waals surface area contributed by atoms with Crippen molar-refractivity contribution in [2.45, 2.75) is 127 Å². The van der Waals surface area contributed by atoms with Gasteiger partial charge in [0.05, 0.1) is 65.3 Å². The lowest BCUT2D eigenvalue weighted by atomic mass is 9.75. The number of β-amino-alcohol motifs (C(OH)–C–C–N with tert-alkyl or cyclic N) is 2. The van der Waals surface area contributed by atoms with Crippen molar-refractivity contribution in [1.29, 1.82) is 0 Å². The van der Waals surface area contributed by atoms with E-state index < -0.39 is 112 Å². The molecule has 5 aromatic rings. The van der Waals surface area contributed by atoms with Gasteiger partial charge in [-0.15, -0.1) is 0 Å². The van der Waals surface area contributed by atoms with Crippen LogP contribution in [0.15, 0.2) is 127 Å². The lowest BCUT2D eigenvalue weighted by molar-refractivity contribution is -0.152. The Morgan fingerprint density at radius 1 is 0.557 bits per heavy atom. The van der Waals surface area contributed by atoms with Gasteiger partial charge in [0.15, 0.2) is 11.6 Å². The molecule has 22 heteroatoms. The van der Waals surface area contributed by atoms with Crippen molar-refractivity contribution in [2.24, 2.45) is 0 Å². The van der Waals surface area contributed by atoms with Gasteiger partial charge in [0.1, 0.15) is 17.8 Å². The summed E-state index contributed by atoms with van der Waals surface area (Å²) in [5, 5.41) is 24.8. The van der Waals surface area contributed by atoms with Crippen LogP contribution in [0.1, 0.15) is 123 Å². The van der Waals surface area contributed by atoms with Crippen molar-refractivity contribution in [3.8, 4) is 0 Å². The molecule has 1 amide bonds. The van der Waals surface area contributed by atoms with Crippen LogP contribution in [0.5, 0.6) is 0 Å². The SMILES string of the molecule is C.CC(=O)C1(O)CC[C@@](CO[C@H](C)c2cc(C(F)(F)F)cc(C(F)(F)F)c2)(c2ccccc2)N(C(=O)OCc2ccccc2)C1.CC(=O)C1(O)CC[C@@](CO[C@H](C)c2cc(C(F)(F)F)cc(C(F)(F)F)c2)(c2ccccc2)NC1. The van der Waals surface area contributed by atoms with E-state index in [4.69, 9.17) is 14.2 Å². The number of rotatable bonds is 14. The third-order valence-electron chi connectivity index (χ3n) is 14.3. The number of nitrogens with zero attached hydrogens (tertiary/aromatic N) is 1. The van der Waals surface area contributed by atoms with Gasteiger partial charge in [-0.1, -0.05) is 98.4 Å². The van der Waals surface area contributed by atoms with Gasteiger partial charge in [-0.3, -0.25) is 14.5 Å². The highest BCUT2D eigenvalue weighted by Crippen LogP contribution is 2.45. The van der Waals surface area contributed by atoms with E-state index in [-0.39, 0.29) is 76.1 Å².